The molecule has 0 amide bonds. The lowest BCUT2D eigenvalue weighted by Gasteiger charge is -2.03. The summed E-state index contributed by atoms with van der Waals surface area (Å²) in [6, 6.07) is 17.1. The number of nitrogens with zero attached hydrogens (tertiary/aromatic N) is 1. The Morgan fingerprint density at radius 1 is 1.10 bits per heavy atom. The van der Waals surface area contributed by atoms with Gasteiger partial charge in [-0.15, -0.1) is 11.3 Å². The third-order valence-corrected chi connectivity index (χ3v) is 4.70. The maximum absolute atomic E-state index is 4.77. The number of aromatic nitrogens is 1. The average Bonchev–Trinajstić information content (AvgIpc) is 3.17. The molecule has 0 spiro atoms. The molecule has 0 fully saturated rings. The molecule has 0 saturated carbocycles. The zero-order valence-corrected chi connectivity index (χ0v) is 12.5. The van der Waals surface area contributed by atoms with Crippen molar-refractivity contribution in [1.29, 1.82) is 0 Å². The van der Waals surface area contributed by atoms with E-state index in [2.05, 4.69) is 53.2 Å². The third-order valence-electron chi connectivity index (χ3n) is 3.86. The molecular formula is C18H16N2S. The number of hydrogen-bond donors (Lipinski definition) is 1. The van der Waals surface area contributed by atoms with Crippen molar-refractivity contribution in [3.63, 3.8) is 0 Å². The molecule has 1 aliphatic rings. The minimum Gasteiger partial charge on any atom is -0.384 e. The molecule has 0 bridgehead atoms. The van der Waals surface area contributed by atoms with Gasteiger partial charge in [0, 0.05) is 29.6 Å². The van der Waals surface area contributed by atoms with Gasteiger partial charge in [-0.3, -0.25) is 0 Å². The number of rotatable bonds is 3. The van der Waals surface area contributed by atoms with Crippen molar-refractivity contribution < 1.29 is 0 Å². The van der Waals surface area contributed by atoms with E-state index < -0.39 is 0 Å². The molecule has 1 N–H and O–H groups in total. The van der Waals surface area contributed by atoms with Crippen LogP contribution in [0.25, 0.3) is 11.3 Å². The van der Waals surface area contributed by atoms with Crippen LogP contribution in [0.3, 0.4) is 0 Å². The highest BCUT2D eigenvalue weighted by Crippen LogP contribution is 2.26. The van der Waals surface area contributed by atoms with E-state index in [-0.39, 0.29) is 0 Å². The van der Waals surface area contributed by atoms with Gasteiger partial charge in [0.1, 0.15) is 0 Å². The molecular weight excluding hydrogens is 276 g/mol. The second-order valence-corrected chi connectivity index (χ2v) is 6.28. The quantitative estimate of drug-likeness (QED) is 0.775. The Morgan fingerprint density at radius 3 is 2.90 bits per heavy atom. The van der Waals surface area contributed by atoms with E-state index in [0.29, 0.717) is 0 Å². The lowest BCUT2D eigenvalue weighted by Crippen LogP contribution is -1.91. The summed E-state index contributed by atoms with van der Waals surface area (Å²) in [4.78, 5) is 4.77. The van der Waals surface area contributed by atoms with E-state index in [4.69, 9.17) is 4.98 Å². The van der Waals surface area contributed by atoms with Crippen LogP contribution in [0.4, 0.5) is 5.69 Å². The molecule has 1 aromatic heterocycles. The van der Waals surface area contributed by atoms with E-state index in [1.807, 2.05) is 6.07 Å². The minimum absolute atomic E-state index is 0.921. The maximum Gasteiger partial charge on any atom is 0.0976 e. The summed E-state index contributed by atoms with van der Waals surface area (Å²) < 4.78 is 0. The molecule has 0 saturated heterocycles. The molecule has 2 aromatic carbocycles. The number of anilines is 1. The smallest absolute Gasteiger partial charge is 0.0976 e. The van der Waals surface area contributed by atoms with E-state index >= 15 is 0 Å². The highest BCUT2D eigenvalue weighted by Gasteiger charge is 2.11. The Morgan fingerprint density at radius 2 is 2.00 bits per heavy atom. The molecule has 3 heteroatoms. The van der Waals surface area contributed by atoms with Crippen molar-refractivity contribution in [3.05, 3.63) is 70.0 Å². The second-order valence-electron chi connectivity index (χ2n) is 5.34. The van der Waals surface area contributed by atoms with E-state index in [1.54, 1.807) is 11.3 Å². The number of benzene rings is 2. The van der Waals surface area contributed by atoms with E-state index in [1.165, 1.54) is 27.4 Å². The first-order chi connectivity index (χ1) is 10.4. The Kier molecular flexibility index (Phi) is 3.20. The van der Waals surface area contributed by atoms with Crippen molar-refractivity contribution in [2.24, 2.45) is 0 Å². The second kappa shape index (κ2) is 5.34. The van der Waals surface area contributed by atoms with Crippen molar-refractivity contribution in [1.82, 2.24) is 4.98 Å². The van der Waals surface area contributed by atoms with Crippen LogP contribution >= 0.6 is 11.3 Å². The van der Waals surface area contributed by atoms with Crippen LogP contribution in [-0.4, -0.2) is 11.5 Å². The van der Waals surface area contributed by atoms with Crippen LogP contribution in [0, 0.1) is 0 Å². The Hall–Kier alpha value is -2.13. The van der Waals surface area contributed by atoms with Gasteiger partial charge in [-0.25, -0.2) is 4.98 Å². The van der Waals surface area contributed by atoms with Crippen LogP contribution < -0.4 is 5.32 Å². The van der Waals surface area contributed by atoms with Crippen molar-refractivity contribution >= 4 is 17.0 Å². The molecule has 2 heterocycles. The van der Waals surface area contributed by atoms with Crippen LogP contribution in [0.2, 0.25) is 0 Å². The molecule has 21 heavy (non-hydrogen) atoms. The van der Waals surface area contributed by atoms with Gasteiger partial charge in [-0.2, -0.15) is 0 Å². The van der Waals surface area contributed by atoms with Gasteiger partial charge in [-0.1, -0.05) is 42.5 Å². The highest BCUT2D eigenvalue weighted by atomic mass is 32.1. The molecule has 0 atom stereocenters. The van der Waals surface area contributed by atoms with Gasteiger partial charge in [0.2, 0.25) is 0 Å². The predicted octanol–water partition coefficient (Wildman–Crippen LogP) is 4.37. The summed E-state index contributed by atoms with van der Waals surface area (Å²) in [5.74, 6) is 0. The van der Waals surface area contributed by atoms with Gasteiger partial charge in [0.15, 0.2) is 0 Å². The molecule has 0 aliphatic carbocycles. The van der Waals surface area contributed by atoms with Crippen LogP contribution in [-0.2, 0) is 12.8 Å². The monoisotopic (exact) mass is 292 g/mol. The maximum atomic E-state index is 4.77. The summed E-state index contributed by atoms with van der Waals surface area (Å²) in [7, 11) is 0. The SMILES string of the molecule is c1ccc(-c2csc(Cc3ccc4c(c3)CCN4)n2)cc1. The largest absolute Gasteiger partial charge is 0.384 e. The molecule has 4 rings (SSSR count). The predicted molar refractivity (Wildman–Crippen MR) is 89.0 cm³/mol. The summed E-state index contributed by atoms with van der Waals surface area (Å²) in [6.07, 6.45) is 2.06. The fourth-order valence-electron chi connectivity index (χ4n) is 2.78. The van der Waals surface area contributed by atoms with Crippen LogP contribution in [0.5, 0.6) is 0 Å². The third kappa shape index (κ3) is 2.57. The fourth-order valence-corrected chi connectivity index (χ4v) is 3.61. The van der Waals surface area contributed by atoms with Gasteiger partial charge >= 0.3 is 0 Å². The summed E-state index contributed by atoms with van der Waals surface area (Å²) >= 11 is 1.75. The molecule has 104 valence electrons. The first kappa shape index (κ1) is 12.6. The fraction of sp³-hybridized carbons (Fsp3) is 0.167. The lowest BCUT2D eigenvalue weighted by atomic mass is 10.1. The zero-order valence-electron chi connectivity index (χ0n) is 11.7. The summed E-state index contributed by atoms with van der Waals surface area (Å²) in [5.41, 5.74) is 6.36. The highest BCUT2D eigenvalue weighted by molar-refractivity contribution is 7.10. The molecule has 2 nitrogen and oxygen atoms in total. The number of fused-ring (bicyclic) bond motifs is 1. The van der Waals surface area contributed by atoms with Crippen LogP contribution in [0.15, 0.2) is 53.9 Å². The number of nitrogens with one attached hydrogen (secondary N) is 1. The lowest BCUT2D eigenvalue weighted by molar-refractivity contribution is 1.09. The van der Waals surface area contributed by atoms with E-state index in [9.17, 15) is 0 Å². The van der Waals surface area contributed by atoms with Gasteiger partial charge in [0.05, 0.1) is 10.7 Å². The van der Waals surface area contributed by atoms with Crippen molar-refractivity contribution in [2.75, 3.05) is 11.9 Å². The first-order valence-corrected chi connectivity index (χ1v) is 8.12. The summed E-state index contributed by atoms with van der Waals surface area (Å²) in [5, 5.41) is 6.74. The zero-order chi connectivity index (χ0) is 14.1. The Balaban J connectivity index is 1.57. The van der Waals surface area contributed by atoms with E-state index in [0.717, 1.165) is 25.1 Å². The van der Waals surface area contributed by atoms with Crippen molar-refractivity contribution in [2.45, 2.75) is 12.8 Å². The topological polar surface area (TPSA) is 24.9 Å². The average molecular weight is 292 g/mol. The molecule has 0 unspecified atom stereocenters. The standard InChI is InChI=1S/C18H16N2S/c1-2-4-14(5-3-1)17-12-21-18(20-17)11-13-6-7-16-15(10-13)8-9-19-16/h1-7,10,12,19H,8-9,11H2. The first-order valence-electron chi connectivity index (χ1n) is 7.24. The van der Waals surface area contributed by atoms with Crippen molar-refractivity contribution in [3.8, 4) is 11.3 Å². The van der Waals surface area contributed by atoms with Gasteiger partial charge < -0.3 is 5.32 Å². The summed E-state index contributed by atoms with van der Waals surface area (Å²) in [6.45, 7) is 1.06. The number of thiazole rings is 1. The normalized spacial score (nSPS) is 13.0. The number of hydrogen-bond acceptors (Lipinski definition) is 3. The van der Waals surface area contributed by atoms with Crippen LogP contribution in [0.1, 0.15) is 16.1 Å². The molecule has 1 aliphatic heterocycles. The Labute approximate surface area is 128 Å². The molecule has 3 aromatic rings. The minimum atomic E-state index is 0.921. The van der Waals surface area contributed by atoms with Gasteiger partial charge in [-0.05, 0) is 23.6 Å². The molecule has 0 radical (unpaired) electrons. The Bertz CT molecular complexity index is 762. The van der Waals surface area contributed by atoms with Gasteiger partial charge in [0.25, 0.3) is 0 Å².